The van der Waals surface area contributed by atoms with Crippen LogP contribution in [-0.2, 0) is 11.2 Å². The van der Waals surface area contributed by atoms with Crippen molar-refractivity contribution in [3.05, 3.63) is 53.7 Å². The predicted molar refractivity (Wildman–Crippen MR) is 160 cm³/mol. The van der Waals surface area contributed by atoms with Gasteiger partial charge in [-0.25, -0.2) is 0 Å². The number of anilines is 1. The Balaban J connectivity index is 1.23. The number of aromatic nitrogens is 1. The molecule has 1 aromatic heterocycles. The molecule has 3 N–H and O–H groups in total. The van der Waals surface area contributed by atoms with Crippen LogP contribution >= 0.6 is 0 Å². The number of ether oxygens (including phenoxy) is 1. The summed E-state index contributed by atoms with van der Waals surface area (Å²) in [4.78, 5) is 28.2. The summed E-state index contributed by atoms with van der Waals surface area (Å²) in [5.74, 6) is -0.298. The Hall–Kier alpha value is -3.16. The van der Waals surface area contributed by atoms with Crippen LogP contribution in [0, 0.1) is 5.41 Å². The SMILES string of the molecule is CC1(C)CC(=O)n2c(c(-c3ccc(C(N)=O)c(NC4CCC(OCCN5CCCC5)CC4)c3)c3ccccc32)C1. The molecule has 1 aliphatic carbocycles. The van der Waals surface area contributed by atoms with Gasteiger partial charge in [-0.05, 0) is 87.2 Å². The molecule has 40 heavy (non-hydrogen) atoms. The molecule has 3 heterocycles. The molecule has 7 nitrogen and oxygen atoms in total. The van der Waals surface area contributed by atoms with E-state index in [-0.39, 0.29) is 17.4 Å². The first-order chi connectivity index (χ1) is 19.3. The van der Waals surface area contributed by atoms with Gasteiger partial charge in [0.15, 0.2) is 0 Å². The molecule has 0 unspecified atom stereocenters. The standard InChI is InChI=1S/C33H42N4O3/c1-33(2)20-29-31(26-7-3-4-8-28(26)37(29)30(38)21-33)22-9-14-25(32(34)39)27(19-22)35-23-10-12-24(13-11-23)40-18-17-36-15-5-6-16-36/h3-4,7-9,14,19,23-24,35H,5-6,10-13,15-18,20-21H2,1-2H3,(H2,34,39). The molecule has 0 bridgehead atoms. The fourth-order valence-electron chi connectivity index (χ4n) is 7.05. The summed E-state index contributed by atoms with van der Waals surface area (Å²) in [5.41, 5.74) is 11.1. The summed E-state index contributed by atoms with van der Waals surface area (Å²) in [6.45, 7) is 8.58. The third kappa shape index (κ3) is 5.41. The Morgan fingerprint density at radius 3 is 2.55 bits per heavy atom. The summed E-state index contributed by atoms with van der Waals surface area (Å²) in [7, 11) is 0. The van der Waals surface area contributed by atoms with E-state index in [9.17, 15) is 9.59 Å². The normalized spacial score (nSPS) is 22.9. The number of hydrogen-bond donors (Lipinski definition) is 2. The Kier molecular flexibility index (Phi) is 7.44. The van der Waals surface area contributed by atoms with Gasteiger partial charge in [0.2, 0.25) is 5.91 Å². The van der Waals surface area contributed by atoms with Crippen molar-refractivity contribution >= 4 is 28.4 Å². The third-order valence-corrected chi connectivity index (χ3v) is 9.07. The Morgan fingerprint density at radius 2 is 1.80 bits per heavy atom. The molecule has 1 amide bonds. The smallest absolute Gasteiger partial charge is 0.250 e. The number of nitrogens with two attached hydrogens (primary N) is 1. The monoisotopic (exact) mass is 542 g/mol. The largest absolute Gasteiger partial charge is 0.382 e. The predicted octanol–water partition coefficient (Wildman–Crippen LogP) is 5.86. The number of hydrogen-bond acceptors (Lipinski definition) is 5. The Labute approximate surface area is 237 Å². The van der Waals surface area contributed by atoms with E-state index in [1.165, 1.54) is 25.9 Å². The van der Waals surface area contributed by atoms with E-state index in [1.807, 2.05) is 34.9 Å². The zero-order valence-corrected chi connectivity index (χ0v) is 23.9. The molecular weight excluding hydrogens is 500 g/mol. The van der Waals surface area contributed by atoms with Gasteiger partial charge in [0.05, 0.1) is 23.8 Å². The van der Waals surface area contributed by atoms with Gasteiger partial charge in [0.25, 0.3) is 5.91 Å². The van der Waals surface area contributed by atoms with Crippen LogP contribution < -0.4 is 11.1 Å². The minimum atomic E-state index is -0.437. The summed E-state index contributed by atoms with van der Waals surface area (Å²) in [5, 5.41) is 4.73. The zero-order chi connectivity index (χ0) is 27.9. The van der Waals surface area contributed by atoms with Crippen LogP contribution in [0.25, 0.3) is 22.0 Å². The average molecular weight is 543 g/mol. The molecule has 212 valence electrons. The maximum Gasteiger partial charge on any atom is 0.250 e. The second kappa shape index (κ2) is 11.0. The minimum absolute atomic E-state index is 0.111. The van der Waals surface area contributed by atoms with E-state index >= 15 is 0 Å². The number of fused-ring (bicyclic) bond motifs is 3. The highest BCUT2D eigenvalue weighted by atomic mass is 16.5. The second-order valence-electron chi connectivity index (χ2n) is 12.7. The van der Waals surface area contributed by atoms with E-state index in [0.29, 0.717) is 18.1 Å². The molecule has 3 aliphatic rings. The number of carbonyl (C=O) groups excluding carboxylic acids is 2. The highest BCUT2D eigenvalue weighted by Gasteiger charge is 2.35. The molecule has 2 aliphatic heterocycles. The van der Waals surface area contributed by atoms with Crippen LogP contribution in [0.3, 0.4) is 0 Å². The number of nitrogens with zero attached hydrogens (tertiary/aromatic N) is 2. The molecule has 1 saturated heterocycles. The number of rotatable bonds is 8. The number of primary amides is 1. The van der Waals surface area contributed by atoms with Crippen LogP contribution in [0.2, 0.25) is 0 Å². The lowest BCUT2D eigenvalue weighted by Gasteiger charge is -2.31. The molecule has 2 aromatic carbocycles. The summed E-state index contributed by atoms with van der Waals surface area (Å²) in [6.07, 6.45) is 8.27. The molecule has 6 rings (SSSR count). The molecule has 0 spiro atoms. The fraction of sp³-hybridized carbons (Fsp3) is 0.515. The van der Waals surface area contributed by atoms with Crippen LogP contribution in [0.5, 0.6) is 0 Å². The first-order valence-corrected chi connectivity index (χ1v) is 15.0. The fourth-order valence-corrected chi connectivity index (χ4v) is 7.05. The molecule has 1 saturated carbocycles. The zero-order valence-electron chi connectivity index (χ0n) is 23.9. The van der Waals surface area contributed by atoms with E-state index in [2.05, 4.69) is 36.2 Å². The van der Waals surface area contributed by atoms with E-state index < -0.39 is 5.91 Å². The maximum atomic E-state index is 13.3. The van der Waals surface area contributed by atoms with Gasteiger partial charge in [-0.2, -0.15) is 0 Å². The van der Waals surface area contributed by atoms with Crippen LogP contribution in [0.1, 0.15) is 79.6 Å². The van der Waals surface area contributed by atoms with Crippen molar-refractivity contribution in [2.45, 2.75) is 77.4 Å². The van der Waals surface area contributed by atoms with Gasteiger partial charge in [-0.1, -0.05) is 38.1 Å². The Bertz CT molecular complexity index is 1410. The van der Waals surface area contributed by atoms with Gasteiger partial charge in [-0.3, -0.25) is 14.2 Å². The number of likely N-dealkylation sites (tertiary alicyclic amines) is 1. The lowest BCUT2D eigenvalue weighted by Crippen LogP contribution is -2.32. The van der Waals surface area contributed by atoms with Gasteiger partial charge in [0, 0.05) is 41.3 Å². The number of benzene rings is 2. The van der Waals surface area contributed by atoms with Crippen LogP contribution in [-0.4, -0.2) is 59.7 Å². The molecule has 0 radical (unpaired) electrons. The first-order valence-electron chi connectivity index (χ1n) is 15.0. The van der Waals surface area contributed by atoms with Crippen molar-refractivity contribution in [2.75, 3.05) is 31.6 Å². The molecule has 2 fully saturated rings. The molecule has 7 heteroatoms. The van der Waals surface area contributed by atoms with Crippen molar-refractivity contribution in [3.63, 3.8) is 0 Å². The summed E-state index contributed by atoms with van der Waals surface area (Å²) >= 11 is 0. The third-order valence-electron chi connectivity index (χ3n) is 9.07. The Morgan fingerprint density at radius 1 is 1.05 bits per heavy atom. The van der Waals surface area contributed by atoms with Crippen LogP contribution in [0.15, 0.2) is 42.5 Å². The van der Waals surface area contributed by atoms with Gasteiger partial charge >= 0.3 is 0 Å². The van der Waals surface area contributed by atoms with E-state index in [1.54, 1.807) is 0 Å². The van der Waals surface area contributed by atoms with Gasteiger partial charge < -0.3 is 20.7 Å². The number of nitrogens with one attached hydrogen (secondary N) is 1. The average Bonchev–Trinajstić information content (AvgIpc) is 3.54. The van der Waals surface area contributed by atoms with E-state index in [4.69, 9.17) is 10.5 Å². The van der Waals surface area contributed by atoms with E-state index in [0.717, 1.165) is 78.7 Å². The lowest BCUT2D eigenvalue weighted by molar-refractivity contribution is 0.0170. The highest BCUT2D eigenvalue weighted by molar-refractivity contribution is 6.06. The first kappa shape index (κ1) is 27.0. The number of para-hydroxylation sites is 1. The maximum absolute atomic E-state index is 13.3. The van der Waals surface area contributed by atoms with Crippen molar-refractivity contribution in [1.29, 1.82) is 0 Å². The van der Waals surface area contributed by atoms with Gasteiger partial charge in [0.1, 0.15) is 0 Å². The second-order valence-corrected chi connectivity index (χ2v) is 12.7. The minimum Gasteiger partial charge on any atom is -0.382 e. The van der Waals surface area contributed by atoms with Crippen molar-refractivity contribution in [3.8, 4) is 11.1 Å². The topological polar surface area (TPSA) is 89.6 Å². The number of carbonyl (C=O) groups is 2. The van der Waals surface area contributed by atoms with Crippen molar-refractivity contribution in [2.24, 2.45) is 11.1 Å². The summed E-state index contributed by atoms with van der Waals surface area (Å²) in [6, 6.07) is 14.3. The van der Waals surface area contributed by atoms with Crippen LogP contribution in [0.4, 0.5) is 5.69 Å². The van der Waals surface area contributed by atoms with Crippen molar-refractivity contribution in [1.82, 2.24) is 9.47 Å². The molecule has 0 atom stereocenters. The summed E-state index contributed by atoms with van der Waals surface area (Å²) < 4.78 is 8.13. The van der Waals surface area contributed by atoms with Crippen molar-refractivity contribution < 1.29 is 14.3 Å². The van der Waals surface area contributed by atoms with Gasteiger partial charge in [-0.15, -0.1) is 0 Å². The molecular formula is C33H42N4O3. The quantitative estimate of drug-likeness (QED) is 0.372. The highest BCUT2D eigenvalue weighted by Crippen LogP contribution is 2.43. The lowest BCUT2D eigenvalue weighted by atomic mass is 9.80. The number of amides is 1. The molecule has 3 aromatic rings.